The SMILES string of the molecule is Cc1cccc(-c2cc(NCCCc3nccc(C(N)=O)n3)nc(N)n2)c1C. The lowest BCUT2D eigenvalue weighted by molar-refractivity contribution is 0.0995. The first-order valence-electron chi connectivity index (χ1n) is 9.01. The first-order valence-corrected chi connectivity index (χ1v) is 9.01. The molecule has 0 bridgehead atoms. The van der Waals surface area contributed by atoms with Crippen molar-refractivity contribution in [2.45, 2.75) is 26.7 Å². The fourth-order valence-corrected chi connectivity index (χ4v) is 2.84. The largest absolute Gasteiger partial charge is 0.370 e. The van der Waals surface area contributed by atoms with Gasteiger partial charge < -0.3 is 16.8 Å². The van der Waals surface area contributed by atoms with Gasteiger partial charge in [0.2, 0.25) is 5.95 Å². The van der Waals surface area contributed by atoms with E-state index in [1.165, 1.54) is 17.8 Å². The first kappa shape index (κ1) is 19.2. The average molecular weight is 377 g/mol. The average Bonchev–Trinajstić information content (AvgIpc) is 2.67. The molecule has 0 aliphatic rings. The number of nitrogens with zero attached hydrogens (tertiary/aromatic N) is 4. The molecular weight excluding hydrogens is 354 g/mol. The van der Waals surface area contributed by atoms with Crippen LogP contribution in [-0.4, -0.2) is 32.4 Å². The van der Waals surface area contributed by atoms with Crippen LogP contribution in [0.15, 0.2) is 36.5 Å². The third-order valence-corrected chi connectivity index (χ3v) is 4.47. The van der Waals surface area contributed by atoms with E-state index in [0.29, 0.717) is 24.6 Å². The van der Waals surface area contributed by atoms with Gasteiger partial charge in [-0.05, 0) is 37.5 Å². The van der Waals surface area contributed by atoms with Crippen molar-refractivity contribution in [3.8, 4) is 11.3 Å². The normalized spacial score (nSPS) is 10.6. The van der Waals surface area contributed by atoms with Gasteiger partial charge in [-0.2, -0.15) is 4.98 Å². The first-order chi connectivity index (χ1) is 13.4. The summed E-state index contributed by atoms with van der Waals surface area (Å²) in [7, 11) is 0. The predicted octanol–water partition coefficient (Wildman–Crippen LogP) is 2.28. The fourth-order valence-electron chi connectivity index (χ4n) is 2.84. The number of primary amides is 1. The fraction of sp³-hybridized carbons (Fsp3) is 0.250. The quantitative estimate of drug-likeness (QED) is 0.538. The van der Waals surface area contributed by atoms with Gasteiger partial charge in [0.1, 0.15) is 17.3 Å². The van der Waals surface area contributed by atoms with Gasteiger partial charge in [-0.1, -0.05) is 18.2 Å². The topological polar surface area (TPSA) is 133 Å². The van der Waals surface area contributed by atoms with Crippen molar-refractivity contribution in [1.29, 1.82) is 0 Å². The van der Waals surface area contributed by atoms with E-state index in [-0.39, 0.29) is 11.6 Å². The van der Waals surface area contributed by atoms with Crippen molar-refractivity contribution >= 4 is 17.7 Å². The Balaban J connectivity index is 1.65. The minimum absolute atomic E-state index is 0.221. The molecule has 0 saturated carbocycles. The van der Waals surface area contributed by atoms with E-state index in [1.807, 2.05) is 18.2 Å². The van der Waals surface area contributed by atoms with Gasteiger partial charge in [-0.15, -0.1) is 0 Å². The van der Waals surface area contributed by atoms with Crippen LogP contribution in [0.25, 0.3) is 11.3 Å². The van der Waals surface area contributed by atoms with Crippen molar-refractivity contribution in [3.63, 3.8) is 0 Å². The summed E-state index contributed by atoms with van der Waals surface area (Å²) in [4.78, 5) is 28.1. The van der Waals surface area contributed by atoms with E-state index in [1.54, 1.807) is 0 Å². The van der Waals surface area contributed by atoms with E-state index >= 15 is 0 Å². The van der Waals surface area contributed by atoms with E-state index in [2.05, 4.69) is 45.2 Å². The minimum Gasteiger partial charge on any atom is -0.370 e. The second-order valence-corrected chi connectivity index (χ2v) is 6.50. The highest BCUT2D eigenvalue weighted by atomic mass is 16.1. The van der Waals surface area contributed by atoms with Crippen LogP contribution < -0.4 is 16.8 Å². The zero-order valence-corrected chi connectivity index (χ0v) is 15.9. The van der Waals surface area contributed by atoms with Gasteiger partial charge in [0.25, 0.3) is 5.91 Å². The number of nitrogens with one attached hydrogen (secondary N) is 1. The predicted molar refractivity (Wildman–Crippen MR) is 109 cm³/mol. The molecule has 0 saturated heterocycles. The molecule has 28 heavy (non-hydrogen) atoms. The van der Waals surface area contributed by atoms with E-state index in [0.717, 1.165) is 23.2 Å². The number of aryl methyl sites for hydroxylation is 2. The molecule has 2 aromatic heterocycles. The standard InChI is InChI=1S/C20H23N7O/c1-12-5-3-6-14(13(12)2)16-11-18(27-20(22)26-16)23-9-4-7-17-24-10-8-15(25-17)19(21)28/h3,5-6,8,10-11H,4,7,9H2,1-2H3,(H2,21,28)(H3,22,23,26,27). The zero-order valence-electron chi connectivity index (χ0n) is 15.9. The number of nitrogens with two attached hydrogens (primary N) is 2. The summed E-state index contributed by atoms with van der Waals surface area (Å²) in [5.74, 6) is 0.905. The monoisotopic (exact) mass is 377 g/mol. The second kappa shape index (κ2) is 8.43. The summed E-state index contributed by atoms with van der Waals surface area (Å²) in [6, 6.07) is 9.49. The maximum Gasteiger partial charge on any atom is 0.267 e. The van der Waals surface area contributed by atoms with Crippen LogP contribution in [0.3, 0.4) is 0 Å². The lowest BCUT2D eigenvalue weighted by Crippen LogP contribution is -2.15. The Morgan fingerprint density at radius 3 is 2.75 bits per heavy atom. The highest BCUT2D eigenvalue weighted by Crippen LogP contribution is 2.26. The number of rotatable bonds is 7. The van der Waals surface area contributed by atoms with Crippen molar-refractivity contribution in [2.75, 3.05) is 17.6 Å². The lowest BCUT2D eigenvalue weighted by atomic mass is 10.0. The number of aromatic nitrogens is 4. The second-order valence-electron chi connectivity index (χ2n) is 6.50. The maximum absolute atomic E-state index is 11.2. The number of carbonyl (C=O) groups excluding carboxylic acids is 1. The van der Waals surface area contributed by atoms with Gasteiger partial charge in [0.05, 0.1) is 5.69 Å². The van der Waals surface area contributed by atoms with Gasteiger partial charge in [0, 0.05) is 30.8 Å². The molecule has 3 rings (SSSR count). The summed E-state index contributed by atoms with van der Waals surface area (Å²) in [5, 5.41) is 3.26. The van der Waals surface area contributed by atoms with Crippen LogP contribution in [0.2, 0.25) is 0 Å². The molecule has 0 spiro atoms. The van der Waals surface area contributed by atoms with Gasteiger partial charge >= 0.3 is 0 Å². The van der Waals surface area contributed by atoms with Gasteiger partial charge in [0.15, 0.2) is 0 Å². The lowest BCUT2D eigenvalue weighted by Gasteiger charge is -2.11. The van der Waals surface area contributed by atoms with Crippen molar-refractivity contribution in [1.82, 2.24) is 19.9 Å². The summed E-state index contributed by atoms with van der Waals surface area (Å²) in [5.41, 5.74) is 15.5. The molecule has 0 fully saturated rings. The molecule has 5 N–H and O–H groups in total. The Hall–Kier alpha value is -3.55. The number of benzene rings is 1. The summed E-state index contributed by atoms with van der Waals surface area (Å²) >= 11 is 0. The Bertz CT molecular complexity index is 1000. The van der Waals surface area contributed by atoms with Crippen molar-refractivity contribution < 1.29 is 4.79 Å². The molecule has 8 nitrogen and oxygen atoms in total. The molecule has 1 amide bonds. The Labute approximate surface area is 163 Å². The van der Waals surface area contributed by atoms with E-state index in [9.17, 15) is 4.79 Å². The van der Waals surface area contributed by atoms with Crippen LogP contribution in [0, 0.1) is 13.8 Å². The molecule has 0 aliphatic carbocycles. The molecule has 0 atom stereocenters. The Kier molecular flexibility index (Phi) is 5.78. The third kappa shape index (κ3) is 4.59. The third-order valence-electron chi connectivity index (χ3n) is 4.47. The van der Waals surface area contributed by atoms with Crippen LogP contribution in [-0.2, 0) is 6.42 Å². The van der Waals surface area contributed by atoms with Crippen LogP contribution >= 0.6 is 0 Å². The molecule has 3 aromatic rings. The van der Waals surface area contributed by atoms with Crippen molar-refractivity contribution in [3.05, 3.63) is 59.2 Å². The Morgan fingerprint density at radius 1 is 1.14 bits per heavy atom. The van der Waals surface area contributed by atoms with E-state index < -0.39 is 5.91 Å². The highest BCUT2D eigenvalue weighted by Gasteiger charge is 2.09. The van der Waals surface area contributed by atoms with Crippen molar-refractivity contribution in [2.24, 2.45) is 5.73 Å². The molecule has 1 aromatic carbocycles. The van der Waals surface area contributed by atoms with Crippen LogP contribution in [0.4, 0.5) is 11.8 Å². The number of carbonyl (C=O) groups is 1. The maximum atomic E-state index is 11.2. The van der Waals surface area contributed by atoms with Crippen LogP contribution in [0.1, 0.15) is 33.9 Å². The number of amides is 1. The molecular formula is C20H23N7O. The summed E-state index contributed by atoms with van der Waals surface area (Å²) in [6.07, 6.45) is 2.90. The number of nitrogen functional groups attached to an aromatic ring is 1. The minimum atomic E-state index is -0.558. The summed E-state index contributed by atoms with van der Waals surface area (Å²) < 4.78 is 0. The molecule has 2 heterocycles. The zero-order chi connectivity index (χ0) is 20.1. The highest BCUT2D eigenvalue weighted by molar-refractivity contribution is 5.90. The Morgan fingerprint density at radius 2 is 1.96 bits per heavy atom. The van der Waals surface area contributed by atoms with Gasteiger partial charge in [-0.3, -0.25) is 4.79 Å². The molecule has 0 unspecified atom stereocenters. The summed E-state index contributed by atoms with van der Waals surface area (Å²) in [6.45, 7) is 4.78. The molecule has 8 heteroatoms. The van der Waals surface area contributed by atoms with E-state index in [4.69, 9.17) is 11.5 Å². The number of hydrogen-bond donors (Lipinski definition) is 3. The smallest absolute Gasteiger partial charge is 0.267 e. The van der Waals surface area contributed by atoms with Crippen LogP contribution in [0.5, 0.6) is 0 Å². The molecule has 144 valence electrons. The van der Waals surface area contributed by atoms with Gasteiger partial charge in [-0.25, -0.2) is 15.0 Å². The molecule has 0 aliphatic heterocycles. The number of hydrogen-bond acceptors (Lipinski definition) is 7. The number of anilines is 2. The molecule has 0 radical (unpaired) electrons.